The van der Waals surface area contributed by atoms with Crippen LogP contribution in [0.1, 0.15) is 13.8 Å². The molecule has 0 saturated heterocycles. The summed E-state index contributed by atoms with van der Waals surface area (Å²) in [6.45, 7) is 3.76. The quantitative estimate of drug-likeness (QED) is 0.838. The topological polar surface area (TPSA) is 44.5 Å². The Morgan fingerprint density at radius 3 is 2.27 bits per heavy atom. The molecule has 0 radical (unpaired) electrons. The van der Waals surface area contributed by atoms with E-state index in [1.165, 1.54) is 18.2 Å². The molecule has 0 fully saturated rings. The number of rotatable bonds is 4. The van der Waals surface area contributed by atoms with Crippen LogP contribution in [0.5, 0.6) is 11.5 Å². The van der Waals surface area contributed by atoms with Gasteiger partial charge in [-0.05, 0) is 49.2 Å². The lowest BCUT2D eigenvalue weighted by atomic mass is 10.0. The van der Waals surface area contributed by atoms with Crippen molar-refractivity contribution < 1.29 is 22.6 Å². The summed E-state index contributed by atoms with van der Waals surface area (Å²) in [4.78, 5) is 0. The molecule has 2 aromatic carbocycles. The Morgan fingerprint density at radius 1 is 1.00 bits per heavy atom. The third-order valence-electron chi connectivity index (χ3n) is 2.77. The van der Waals surface area contributed by atoms with Gasteiger partial charge < -0.3 is 15.2 Å². The number of benzene rings is 2. The third-order valence-corrected chi connectivity index (χ3v) is 2.77. The maximum Gasteiger partial charge on any atom is 0.573 e. The minimum atomic E-state index is -4.72. The molecule has 6 heteroatoms. The number of nitrogens with two attached hydrogens (primary N) is 1. The molecule has 3 nitrogen and oxygen atoms in total. The molecule has 2 rings (SSSR count). The van der Waals surface area contributed by atoms with E-state index in [4.69, 9.17) is 10.5 Å². The van der Waals surface area contributed by atoms with Crippen LogP contribution in [0.4, 0.5) is 18.9 Å². The van der Waals surface area contributed by atoms with E-state index in [1.807, 2.05) is 13.8 Å². The maximum atomic E-state index is 12.3. The van der Waals surface area contributed by atoms with Gasteiger partial charge in [0.1, 0.15) is 11.5 Å². The monoisotopic (exact) mass is 311 g/mol. The first-order valence-corrected chi connectivity index (χ1v) is 6.67. The molecule has 0 heterocycles. The predicted molar refractivity (Wildman–Crippen MR) is 78.7 cm³/mol. The Bertz CT molecular complexity index is 654. The van der Waals surface area contributed by atoms with Crippen LogP contribution in [0.2, 0.25) is 0 Å². The molecule has 118 valence electrons. The lowest BCUT2D eigenvalue weighted by molar-refractivity contribution is -0.274. The summed E-state index contributed by atoms with van der Waals surface area (Å²) in [5.41, 5.74) is 7.59. The largest absolute Gasteiger partial charge is 0.573 e. The van der Waals surface area contributed by atoms with Gasteiger partial charge in [0.15, 0.2) is 0 Å². The Kier molecular flexibility index (Phi) is 4.49. The third kappa shape index (κ3) is 4.31. The first kappa shape index (κ1) is 16.0. The van der Waals surface area contributed by atoms with Crippen LogP contribution in [0.25, 0.3) is 11.1 Å². The smallest absolute Gasteiger partial charge is 0.489 e. The van der Waals surface area contributed by atoms with Crippen molar-refractivity contribution >= 4 is 5.69 Å². The maximum absolute atomic E-state index is 12.3. The van der Waals surface area contributed by atoms with Crippen molar-refractivity contribution in [3.05, 3.63) is 42.5 Å². The average Bonchev–Trinajstić information content (AvgIpc) is 2.39. The van der Waals surface area contributed by atoms with Gasteiger partial charge in [-0.25, -0.2) is 0 Å². The van der Waals surface area contributed by atoms with Gasteiger partial charge in [-0.2, -0.15) is 0 Å². The highest BCUT2D eigenvalue weighted by molar-refractivity contribution is 5.71. The zero-order valence-corrected chi connectivity index (χ0v) is 12.1. The van der Waals surface area contributed by atoms with Crippen LogP contribution >= 0.6 is 0 Å². The molecule has 0 aromatic heterocycles. The molecular weight excluding hydrogens is 295 g/mol. The Balaban J connectivity index is 2.28. The van der Waals surface area contributed by atoms with Crippen molar-refractivity contribution in [3.8, 4) is 22.6 Å². The van der Waals surface area contributed by atoms with Crippen LogP contribution in [0.15, 0.2) is 42.5 Å². The molecule has 2 aromatic rings. The van der Waals surface area contributed by atoms with Crippen molar-refractivity contribution in [1.29, 1.82) is 0 Å². The Morgan fingerprint density at radius 2 is 1.68 bits per heavy atom. The van der Waals surface area contributed by atoms with E-state index in [0.717, 1.165) is 0 Å². The van der Waals surface area contributed by atoms with Gasteiger partial charge in [0.25, 0.3) is 0 Å². The molecule has 0 saturated carbocycles. The molecular formula is C16H16F3NO2. The molecule has 22 heavy (non-hydrogen) atoms. The minimum absolute atomic E-state index is 0.0170. The molecule has 0 aliphatic rings. The Hall–Kier alpha value is -2.37. The molecule has 0 amide bonds. The number of hydrogen-bond donors (Lipinski definition) is 1. The number of alkyl halides is 3. The van der Waals surface area contributed by atoms with Crippen molar-refractivity contribution in [1.82, 2.24) is 0 Å². The number of halogens is 3. The second-order valence-electron chi connectivity index (χ2n) is 4.99. The summed E-state index contributed by atoms with van der Waals surface area (Å²) >= 11 is 0. The summed E-state index contributed by atoms with van der Waals surface area (Å²) in [5.74, 6) is 0.271. The second kappa shape index (κ2) is 6.17. The molecule has 0 aliphatic carbocycles. The van der Waals surface area contributed by atoms with E-state index in [1.54, 1.807) is 24.3 Å². The normalized spacial score (nSPS) is 11.5. The zero-order chi connectivity index (χ0) is 16.3. The van der Waals surface area contributed by atoms with Crippen LogP contribution in [-0.4, -0.2) is 12.5 Å². The van der Waals surface area contributed by atoms with Crippen molar-refractivity contribution in [3.63, 3.8) is 0 Å². The summed E-state index contributed by atoms with van der Waals surface area (Å²) in [7, 11) is 0. The van der Waals surface area contributed by atoms with E-state index in [-0.39, 0.29) is 11.9 Å². The summed E-state index contributed by atoms with van der Waals surface area (Å²) in [6, 6.07) is 10.8. The first-order valence-electron chi connectivity index (χ1n) is 6.67. The van der Waals surface area contributed by atoms with E-state index in [9.17, 15) is 13.2 Å². The van der Waals surface area contributed by atoms with Gasteiger partial charge in [-0.1, -0.05) is 18.2 Å². The molecule has 0 atom stereocenters. The summed E-state index contributed by atoms with van der Waals surface area (Å²) in [5, 5.41) is 0. The molecule has 2 N–H and O–H groups in total. The number of hydrogen-bond acceptors (Lipinski definition) is 3. The fourth-order valence-electron chi connectivity index (χ4n) is 1.96. The van der Waals surface area contributed by atoms with Crippen molar-refractivity contribution in [2.75, 3.05) is 5.73 Å². The molecule has 0 spiro atoms. The van der Waals surface area contributed by atoms with Gasteiger partial charge in [-0.3, -0.25) is 0 Å². The predicted octanol–water partition coefficient (Wildman–Crippen LogP) is 4.62. The fraction of sp³-hybridized carbons (Fsp3) is 0.250. The van der Waals surface area contributed by atoms with Crippen molar-refractivity contribution in [2.45, 2.75) is 26.3 Å². The SMILES string of the molecule is CC(C)Oc1ccc(-c2cccc(OC(F)(F)F)c2)cc1N. The van der Waals surface area contributed by atoms with Crippen LogP contribution in [0.3, 0.4) is 0 Å². The fourth-order valence-corrected chi connectivity index (χ4v) is 1.96. The number of ether oxygens (including phenoxy) is 2. The van der Waals surface area contributed by atoms with Gasteiger partial charge in [-0.15, -0.1) is 13.2 Å². The molecule has 0 unspecified atom stereocenters. The second-order valence-corrected chi connectivity index (χ2v) is 4.99. The highest BCUT2D eigenvalue weighted by Gasteiger charge is 2.31. The highest BCUT2D eigenvalue weighted by Crippen LogP contribution is 2.32. The van der Waals surface area contributed by atoms with E-state index in [0.29, 0.717) is 22.6 Å². The van der Waals surface area contributed by atoms with Gasteiger partial charge in [0.2, 0.25) is 0 Å². The first-order chi connectivity index (χ1) is 10.2. The lowest BCUT2D eigenvalue weighted by Crippen LogP contribution is -2.17. The van der Waals surface area contributed by atoms with E-state index in [2.05, 4.69) is 4.74 Å². The molecule has 0 aliphatic heterocycles. The number of anilines is 1. The van der Waals surface area contributed by atoms with Gasteiger partial charge in [0.05, 0.1) is 11.8 Å². The average molecular weight is 311 g/mol. The van der Waals surface area contributed by atoms with Gasteiger partial charge in [0, 0.05) is 0 Å². The number of nitrogen functional groups attached to an aromatic ring is 1. The van der Waals surface area contributed by atoms with Crippen LogP contribution in [0, 0.1) is 0 Å². The van der Waals surface area contributed by atoms with E-state index < -0.39 is 6.36 Å². The standard InChI is InChI=1S/C16H16F3NO2/c1-10(2)21-15-7-6-12(9-14(15)20)11-4-3-5-13(8-11)22-16(17,18)19/h3-10H,20H2,1-2H3. The van der Waals surface area contributed by atoms with Gasteiger partial charge >= 0.3 is 6.36 Å². The van der Waals surface area contributed by atoms with Crippen molar-refractivity contribution in [2.24, 2.45) is 0 Å². The summed E-state index contributed by atoms with van der Waals surface area (Å²) in [6.07, 6.45) is -4.73. The van der Waals surface area contributed by atoms with E-state index >= 15 is 0 Å². The van der Waals surface area contributed by atoms with Crippen LogP contribution < -0.4 is 15.2 Å². The molecule has 0 bridgehead atoms. The van der Waals surface area contributed by atoms with Crippen LogP contribution in [-0.2, 0) is 0 Å². The minimum Gasteiger partial charge on any atom is -0.489 e. The Labute approximate surface area is 126 Å². The zero-order valence-electron chi connectivity index (χ0n) is 12.1. The lowest BCUT2D eigenvalue weighted by Gasteiger charge is -2.14. The summed E-state index contributed by atoms with van der Waals surface area (Å²) < 4.78 is 46.2. The highest BCUT2D eigenvalue weighted by atomic mass is 19.4.